The number of nitrogens with two attached hydrogens (primary N) is 1. The zero-order chi connectivity index (χ0) is 13.1. The molecule has 1 aliphatic carbocycles. The van der Waals surface area contributed by atoms with Gasteiger partial charge in [0.25, 0.3) is 0 Å². The monoisotopic (exact) mass is 238 g/mol. The van der Waals surface area contributed by atoms with E-state index in [1.54, 1.807) is 6.08 Å². The molecule has 94 valence electrons. The molecule has 0 aromatic rings. The Morgan fingerprint density at radius 3 is 2.82 bits per heavy atom. The molecular formula is C12H18N2O3. The van der Waals surface area contributed by atoms with Gasteiger partial charge in [-0.1, -0.05) is 18.2 Å². The van der Waals surface area contributed by atoms with Crippen LogP contribution >= 0.6 is 0 Å². The highest BCUT2D eigenvalue weighted by Crippen LogP contribution is 2.27. The molecule has 17 heavy (non-hydrogen) atoms. The average Bonchev–Trinajstić information content (AvgIpc) is 2.24. The van der Waals surface area contributed by atoms with Gasteiger partial charge in [-0.05, 0) is 26.0 Å². The summed E-state index contributed by atoms with van der Waals surface area (Å²) in [5, 5.41) is 22.2. The topological polar surface area (TPSA) is 95.6 Å². The van der Waals surface area contributed by atoms with E-state index in [1.807, 2.05) is 0 Å². The van der Waals surface area contributed by atoms with Crippen LogP contribution in [0.5, 0.6) is 0 Å². The maximum atomic E-state index is 11.5. The lowest BCUT2D eigenvalue weighted by molar-refractivity contribution is -0.124. The third-order valence-electron chi connectivity index (χ3n) is 2.56. The average molecular weight is 238 g/mol. The molecule has 0 bridgehead atoms. The van der Waals surface area contributed by atoms with Crippen LogP contribution in [0.2, 0.25) is 0 Å². The summed E-state index contributed by atoms with van der Waals surface area (Å²) in [6, 6.07) is 0. The highest BCUT2D eigenvalue weighted by molar-refractivity contribution is 5.92. The fourth-order valence-electron chi connectivity index (χ4n) is 1.57. The van der Waals surface area contributed by atoms with Gasteiger partial charge in [-0.3, -0.25) is 4.79 Å². The molecule has 5 heteroatoms. The third kappa shape index (κ3) is 3.18. The van der Waals surface area contributed by atoms with Crippen LogP contribution in [0.25, 0.3) is 0 Å². The summed E-state index contributed by atoms with van der Waals surface area (Å²) in [5.41, 5.74) is 4.81. The fourth-order valence-corrected chi connectivity index (χ4v) is 1.57. The molecule has 0 radical (unpaired) electrons. The molecular weight excluding hydrogens is 220 g/mol. The lowest BCUT2D eigenvalue weighted by Gasteiger charge is -2.31. The number of allylic oxidation sites excluding steroid dienone is 2. The van der Waals surface area contributed by atoms with Crippen molar-refractivity contribution in [2.45, 2.75) is 25.5 Å². The molecule has 0 aliphatic heterocycles. The third-order valence-corrected chi connectivity index (χ3v) is 2.56. The largest absolute Gasteiger partial charge is 0.507 e. The van der Waals surface area contributed by atoms with Crippen LogP contribution in [0.1, 0.15) is 19.8 Å². The quantitative estimate of drug-likeness (QED) is 0.423. The Morgan fingerprint density at radius 1 is 1.65 bits per heavy atom. The Labute approximate surface area is 100 Å². The van der Waals surface area contributed by atoms with Crippen molar-refractivity contribution in [3.05, 3.63) is 35.6 Å². The van der Waals surface area contributed by atoms with Crippen molar-refractivity contribution in [1.29, 1.82) is 0 Å². The number of hydrogen-bond acceptors (Lipinski definition) is 4. The lowest BCUT2D eigenvalue weighted by atomic mass is 9.93. The number of carbonyl (C=O) groups excluding carboxylic acids is 1. The smallest absolute Gasteiger partial charge is 0.248 e. The van der Waals surface area contributed by atoms with Crippen LogP contribution in [0.15, 0.2) is 35.6 Å². The van der Waals surface area contributed by atoms with Gasteiger partial charge in [0, 0.05) is 12.0 Å². The number of aliphatic hydroxyl groups excluding tert-OH is 1. The minimum atomic E-state index is -1.75. The Hall–Kier alpha value is -1.59. The number of aliphatic hydroxyl groups is 2. The summed E-state index contributed by atoms with van der Waals surface area (Å²) in [4.78, 5) is 11.5. The van der Waals surface area contributed by atoms with E-state index in [0.29, 0.717) is 13.0 Å². The SMILES string of the molecule is C=C(C)C(=O)NC1(O)CC(CCN)=CC=C1O. The summed E-state index contributed by atoms with van der Waals surface area (Å²) in [6.45, 7) is 5.45. The van der Waals surface area contributed by atoms with Gasteiger partial charge in [0.1, 0.15) is 5.76 Å². The Bertz CT molecular complexity index is 399. The standard InChI is InChI=1S/C12H18N2O3/c1-8(2)11(16)14-12(17)7-9(5-6-13)3-4-10(12)15/h3-4,15,17H,1,5-7,13H2,2H3,(H,14,16). The van der Waals surface area contributed by atoms with E-state index < -0.39 is 11.6 Å². The van der Waals surface area contributed by atoms with E-state index in [0.717, 1.165) is 5.57 Å². The van der Waals surface area contributed by atoms with Crippen LogP contribution in [0.3, 0.4) is 0 Å². The number of amides is 1. The second-order valence-corrected chi connectivity index (χ2v) is 4.19. The molecule has 5 nitrogen and oxygen atoms in total. The Balaban J connectivity index is 2.83. The second-order valence-electron chi connectivity index (χ2n) is 4.19. The lowest BCUT2D eigenvalue weighted by Crippen LogP contribution is -2.51. The maximum absolute atomic E-state index is 11.5. The van der Waals surface area contributed by atoms with Gasteiger partial charge in [-0.25, -0.2) is 0 Å². The van der Waals surface area contributed by atoms with E-state index in [2.05, 4.69) is 11.9 Å². The zero-order valence-corrected chi connectivity index (χ0v) is 9.86. The molecule has 1 atom stereocenters. The van der Waals surface area contributed by atoms with Crippen LogP contribution in [0.4, 0.5) is 0 Å². The van der Waals surface area contributed by atoms with Gasteiger partial charge in [0.15, 0.2) is 0 Å². The molecule has 1 unspecified atom stereocenters. The highest BCUT2D eigenvalue weighted by Gasteiger charge is 2.36. The van der Waals surface area contributed by atoms with E-state index in [9.17, 15) is 15.0 Å². The fraction of sp³-hybridized carbons (Fsp3) is 0.417. The maximum Gasteiger partial charge on any atom is 0.248 e. The van der Waals surface area contributed by atoms with Gasteiger partial charge in [-0.2, -0.15) is 0 Å². The number of carbonyl (C=O) groups is 1. The van der Waals surface area contributed by atoms with Crippen molar-refractivity contribution >= 4 is 5.91 Å². The molecule has 0 saturated heterocycles. The minimum Gasteiger partial charge on any atom is -0.507 e. The predicted molar refractivity (Wildman–Crippen MR) is 65.0 cm³/mol. The molecule has 0 saturated carbocycles. The first-order chi connectivity index (χ1) is 7.89. The molecule has 0 aromatic heterocycles. The number of nitrogens with one attached hydrogen (secondary N) is 1. The van der Waals surface area contributed by atoms with Gasteiger partial charge in [-0.15, -0.1) is 0 Å². The first-order valence-corrected chi connectivity index (χ1v) is 5.38. The van der Waals surface area contributed by atoms with Crippen molar-refractivity contribution in [3.8, 4) is 0 Å². The molecule has 0 spiro atoms. The summed E-state index contributed by atoms with van der Waals surface area (Å²) >= 11 is 0. The number of rotatable bonds is 4. The second kappa shape index (κ2) is 5.16. The van der Waals surface area contributed by atoms with Crippen molar-refractivity contribution in [3.63, 3.8) is 0 Å². The normalized spacial score (nSPS) is 23.7. The van der Waals surface area contributed by atoms with Crippen molar-refractivity contribution in [2.75, 3.05) is 6.54 Å². The first kappa shape index (κ1) is 13.5. The zero-order valence-electron chi connectivity index (χ0n) is 9.86. The van der Waals surface area contributed by atoms with E-state index in [-0.39, 0.29) is 17.8 Å². The summed E-state index contributed by atoms with van der Waals surface area (Å²) in [6.07, 6.45) is 3.80. The van der Waals surface area contributed by atoms with E-state index >= 15 is 0 Å². The molecule has 1 rings (SSSR count). The van der Waals surface area contributed by atoms with E-state index in [4.69, 9.17) is 5.73 Å². The molecule has 0 heterocycles. The summed E-state index contributed by atoms with van der Waals surface area (Å²) in [7, 11) is 0. The summed E-state index contributed by atoms with van der Waals surface area (Å²) < 4.78 is 0. The van der Waals surface area contributed by atoms with Crippen molar-refractivity contribution in [1.82, 2.24) is 5.32 Å². The number of hydrogen-bond donors (Lipinski definition) is 4. The van der Waals surface area contributed by atoms with Crippen molar-refractivity contribution in [2.24, 2.45) is 5.73 Å². The van der Waals surface area contributed by atoms with Crippen LogP contribution in [-0.2, 0) is 4.79 Å². The van der Waals surface area contributed by atoms with Crippen LogP contribution in [-0.4, -0.2) is 28.4 Å². The first-order valence-electron chi connectivity index (χ1n) is 5.38. The van der Waals surface area contributed by atoms with Crippen LogP contribution in [0, 0.1) is 0 Å². The van der Waals surface area contributed by atoms with Gasteiger partial charge in [0.2, 0.25) is 11.6 Å². The predicted octanol–water partition coefficient (Wildman–Crippen LogP) is 0.488. The molecule has 5 N–H and O–H groups in total. The van der Waals surface area contributed by atoms with Gasteiger partial charge in [0.05, 0.1) is 0 Å². The van der Waals surface area contributed by atoms with Gasteiger partial charge < -0.3 is 21.3 Å². The molecule has 0 fully saturated rings. The van der Waals surface area contributed by atoms with Crippen LogP contribution < -0.4 is 11.1 Å². The molecule has 0 aromatic carbocycles. The highest BCUT2D eigenvalue weighted by atomic mass is 16.4. The van der Waals surface area contributed by atoms with Gasteiger partial charge >= 0.3 is 0 Å². The Morgan fingerprint density at radius 2 is 2.29 bits per heavy atom. The van der Waals surface area contributed by atoms with Crippen molar-refractivity contribution < 1.29 is 15.0 Å². The summed E-state index contributed by atoms with van der Waals surface area (Å²) in [5.74, 6) is -0.783. The van der Waals surface area contributed by atoms with E-state index in [1.165, 1.54) is 13.0 Å². The minimum absolute atomic E-state index is 0.131. The molecule has 1 amide bonds. The molecule has 1 aliphatic rings. The Kier molecular flexibility index (Phi) is 4.09.